The van der Waals surface area contributed by atoms with E-state index in [2.05, 4.69) is 43.3 Å². The van der Waals surface area contributed by atoms with Crippen LogP contribution in [0.15, 0.2) is 41.1 Å². The quantitative estimate of drug-likeness (QED) is 0.586. The number of hydrogen-bond donors (Lipinski definition) is 2. The summed E-state index contributed by atoms with van der Waals surface area (Å²) in [5.74, 6) is 0.360. The molecule has 7 nitrogen and oxygen atoms in total. The molecule has 0 bridgehead atoms. The van der Waals surface area contributed by atoms with E-state index >= 15 is 0 Å². The van der Waals surface area contributed by atoms with Gasteiger partial charge in [-0.3, -0.25) is 9.20 Å². The summed E-state index contributed by atoms with van der Waals surface area (Å²) < 4.78 is 2.58. The van der Waals surface area contributed by atoms with Gasteiger partial charge in [0, 0.05) is 31.5 Å². The van der Waals surface area contributed by atoms with Crippen LogP contribution in [-0.2, 0) is 13.0 Å². The number of fused-ring (bicyclic) bond motifs is 2. The molecule has 1 fully saturated rings. The molecule has 4 heterocycles. The third kappa shape index (κ3) is 2.97. The maximum absolute atomic E-state index is 13.2. The predicted molar refractivity (Wildman–Crippen MR) is 112 cm³/mol. The SMILES string of the molecule is Cc1c(Br)cnc2ncc(C(=O)N3CC[C@]4(Cc5ccccc5CN4)[C@H](O)C3)n12. The lowest BCUT2D eigenvalue weighted by molar-refractivity contribution is -0.0140. The number of aliphatic hydroxyl groups is 1. The molecule has 2 aliphatic rings. The fourth-order valence-corrected chi connectivity index (χ4v) is 4.82. The molecule has 8 heteroatoms. The van der Waals surface area contributed by atoms with Crippen LogP contribution in [0.1, 0.15) is 33.7 Å². The number of nitrogens with one attached hydrogen (secondary N) is 1. The molecule has 2 atom stereocenters. The first-order valence-electron chi connectivity index (χ1n) is 9.76. The number of aliphatic hydroxyl groups excluding tert-OH is 1. The van der Waals surface area contributed by atoms with E-state index in [0.717, 1.165) is 23.1 Å². The van der Waals surface area contributed by atoms with Gasteiger partial charge in [0.25, 0.3) is 5.91 Å². The van der Waals surface area contributed by atoms with Crippen LogP contribution < -0.4 is 5.32 Å². The Morgan fingerprint density at radius 2 is 2.03 bits per heavy atom. The van der Waals surface area contributed by atoms with Crippen LogP contribution in [0.25, 0.3) is 5.78 Å². The van der Waals surface area contributed by atoms with E-state index in [1.165, 1.54) is 11.1 Å². The Morgan fingerprint density at radius 3 is 2.83 bits per heavy atom. The van der Waals surface area contributed by atoms with Crippen LogP contribution in [0, 0.1) is 6.92 Å². The second-order valence-electron chi connectivity index (χ2n) is 7.94. The number of piperidine rings is 1. The van der Waals surface area contributed by atoms with Crippen molar-refractivity contribution in [1.29, 1.82) is 0 Å². The summed E-state index contributed by atoms with van der Waals surface area (Å²) in [5, 5.41) is 14.6. The number of hydrogen-bond acceptors (Lipinski definition) is 5. The number of aromatic nitrogens is 3. The minimum Gasteiger partial charge on any atom is -0.389 e. The zero-order valence-corrected chi connectivity index (χ0v) is 17.7. The van der Waals surface area contributed by atoms with Crippen LogP contribution >= 0.6 is 15.9 Å². The molecule has 2 aliphatic heterocycles. The molecule has 2 N–H and O–H groups in total. The molecule has 29 heavy (non-hydrogen) atoms. The number of aryl methyl sites for hydroxylation is 1. The number of imidazole rings is 1. The zero-order chi connectivity index (χ0) is 20.2. The van der Waals surface area contributed by atoms with Gasteiger partial charge in [0.15, 0.2) is 0 Å². The average Bonchev–Trinajstić information content (AvgIpc) is 3.17. The fourth-order valence-electron chi connectivity index (χ4n) is 4.54. The molecule has 1 spiro atoms. The van der Waals surface area contributed by atoms with Crippen molar-refractivity contribution in [2.75, 3.05) is 13.1 Å². The van der Waals surface area contributed by atoms with E-state index in [1.807, 2.05) is 19.1 Å². The molecule has 1 amide bonds. The first-order valence-corrected chi connectivity index (χ1v) is 10.6. The minimum atomic E-state index is -0.640. The van der Waals surface area contributed by atoms with Crippen LogP contribution in [0.2, 0.25) is 0 Å². The van der Waals surface area contributed by atoms with E-state index in [4.69, 9.17) is 0 Å². The van der Waals surface area contributed by atoms with Crippen LogP contribution in [-0.4, -0.2) is 55.0 Å². The Kier molecular flexibility index (Phi) is 4.45. The highest BCUT2D eigenvalue weighted by Crippen LogP contribution is 2.32. The summed E-state index contributed by atoms with van der Waals surface area (Å²) >= 11 is 3.47. The third-order valence-electron chi connectivity index (χ3n) is 6.34. The van der Waals surface area contributed by atoms with Gasteiger partial charge in [0.2, 0.25) is 5.78 Å². The molecule has 150 valence electrons. The molecule has 0 unspecified atom stereocenters. The van der Waals surface area contributed by atoms with E-state index in [1.54, 1.807) is 21.7 Å². The van der Waals surface area contributed by atoms with Gasteiger partial charge < -0.3 is 15.3 Å². The molecule has 0 aliphatic carbocycles. The number of nitrogens with zero attached hydrogens (tertiary/aromatic N) is 4. The monoisotopic (exact) mass is 455 g/mol. The van der Waals surface area contributed by atoms with Crippen molar-refractivity contribution in [3.05, 3.63) is 63.6 Å². The number of likely N-dealkylation sites (tertiary alicyclic amines) is 1. The molecule has 5 rings (SSSR count). The average molecular weight is 456 g/mol. The maximum atomic E-state index is 13.2. The Labute approximate surface area is 176 Å². The van der Waals surface area contributed by atoms with Crippen molar-refractivity contribution in [3.8, 4) is 0 Å². The number of amides is 1. The van der Waals surface area contributed by atoms with Gasteiger partial charge in [0.05, 0.1) is 22.3 Å². The summed E-state index contributed by atoms with van der Waals surface area (Å²) in [6.07, 6.45) is 4.09. The van der Waals surface area contributed by atoms with E-state index in [9.17, 15) is 9.90 Å². The number of carbonyl (C=O) groups is 1. The Bertz CT molecular complexity index is 1110. The van der Waals surface area contributed by atoms with E-state index in [-0.39, 0.29) is 11.4 Å². The second kappa shape index (κ2) is 6.90. The van der Waals surface area contributed by atoms with Gasteiger partial charge in [-0.1, -0.05) is 24.3 Å². The number of halogens is 1. The van der Waals surface area contributed by atoms with Crippen LogP contribution in [0.5, 0.6) is 0 Å². The highest BCUT2D eigenvalue weighted by atomic mass is 79.9. The van der Waals surface area contributed by atoms with Gasteiger partial charge in [-0.25, -0.2) is 9.97 Å². The fraction of sp³-hybridized carbons (Fsp3) is 0.381. The summed E-state index contributed by atoms with van der Waals surface area (Å²) in [6.45, 7) is 3.54. The topological polar surface area (TPSA) is 82.8 Å². The summed E-state index contributed by atoms with van der Waals surface area (Å²) in [6, 6.07) is 8.34. The van der Waals surface area contributed by atoms with Gasteiger partial charge in [0.1, 0.15) is 5.69 Å². The largest absolute Gasteiger partial charge is 0.389 e. The first-order chi connectivity index (χ1) is 14.0. The lowest BCUT2D eigenvalue weighted by Crippen LogP contribution is -2.65. The summed E-state index contributed by atoms with van der Waals surface area (Å²) in [7, 11) is 0. The van der Waals surface area contributed by atoms with Crippen molar-refractivity contribution < 1.29 is 9.90 Å². The third-order valence-corrected chi connectivity index (χ3v) is 7.12. The van der Waals surface area contributed by atoms with Crippen molar-refractivity contribution in [3.63, 3.8) is 0 Å². The molecule has 1 aromatic carbocycles. The molecule has 2 aromatic heterocycles. The molecule has 1 saturated heterocycles. The number of carbonyl (C=O) groups excluding carboxylic acids is 1. The smallest absolute Gasteiger partial charge is 0.272 e. The van der Waals surface area contributed by atoms with Crippen LogP contribution in [0.4, 0.5) is 0 Å². The Morgan fingerprint density at radius 1 is 1.28 bits per heavy atom. The zero-order valence-electron chi connectivity index (χ0n) is 16.1. The molecular weight excluding hydrogens is 434 g/mol. The van der Waals surface area contributed by atoms with Crippen molar-refractivity contribution in [1.82, 2.24) is 24.6 Å². The van der Waals surface area contributed by atoms with Crippen molar-refractivity contribution >= 4 is 27.6 Å². The van der Waals surface area contributed by atoms with E-state index < -0.39 is 6.10 Å². The molecule has 0 radical (unpaired) electrons. The highest BCUT2D eigenvalue weighted by molar-refractivity contribution is 9.10. The highest BCUT2D eigenvalue weighted by Gasteiger charge is 2.45. The summed E-state index contributed by atoms with van der Waals surface area (Å²) in [4.78, 5) is 23.5. The Balaban J connectivity index is 1.39. The van der Waals surface area contributed by atoms with E-state index in [0.29, 0.717) is 31.0 Å². The first kappa shape index (κ1) is 18.7. The molecule has 0 saturated carbocycles. The molecular formula is C21H22BrN5O2. The van der Waals surface area contributed by atoms with Crippen molar-refractivity contribution in [2.24, 2.45) is 0 Å². The predicted octanol–water partition coefficient (Wildman–Crippen LogP) is 2.09. The number of rotatable bonds is 1. The second-order valence-corrected chi connectivity index (χ2v) is 8.80. The number of β-amino-alcohol motifs (C(OH)–C–C–N with tert-alkyl or cyclic N) is 1. The molecule has 3 aromatic rings. The maximum Gasteiger partial charge on any atom is 0.272 e. The lowest BCUT2D eigenvalue weighted by atomic mass is 9.76. The standard InChI is InChI=1S/C21H22BrN5O2/c1-13-16(22)10-23-20-24-11-17(27(13)20)19(29)26-7-6-21(18(28)12-26)8-14-4-2-3-5-15(14)9-25-21/h2-5,10-11,18,25,28H,6-9,12H2,1H3/t18-,21+/m1/s1. The van der Waals surface area contributed by atoms with Gasteiger partial charge in [-0.05, 0) is 46.8 Å². The van der Waals surface area contributed by atoms with Crippen LogP contribution in [0.3, 0.4) is 0 Å². The summed E-state index contributed by atoms with van der Waals surface area (Å²) in [5.41, 5.74) is 3.51. The van der Waals surface area contributed by atoms with Gasteiger partial charge in [-0.15, -0.1) is 0 Å². The minimum absolute atomic E-state index is 0.134. The number of benzene rings is 1. The van der Waals surface area contributed by atoms with Crippen molar-refractivity contribution in [2.45, 2.75) is 38.0 Å². The Hall–Kier alpha value is -2.29. The normalized spacial score (nSPS) is 24.1. The lowest BCUT2D eigenvalue weighted by Gasteiger charge is -2.48. The van der Waals surface area contributed by atoms with Gasteiger partial charge >= 0.3 is 0 Å². The van der Waals surface area contributed by atoms with Gasteiger partial charge in [-0.2, -0.15) is 0 Å².